The molecule has 0 fully saturated rings. The lowest BCUT2D eigenvalue weighted by Gasteiger charge is -2.09. The summed E-state index contributed by atoms with van der Waals surface area (Å²) in [5.74, 6) is 0. The van der Waals surface area contributed by atoms with Crippen LogP contribution in [0.1, 0.15) is 6.92 Å². The minimum Gasteiger partial charge on any atom is -0.304 e. The second-order valence-corrected chi connectivity index (χ2v) is 2.14. The van der Waals surface area contributed by atoms with E-state index in [1.54, 1.807) is 0 Å². The molecule has 52 valence electrons. The fraction of sp³-hybridized carbons (Fsp3) is 0.750. The Morgan fingerprint density at radius 1 is 1.56 bits per heavy atom. The van der Waals surface area contributed by atoms with Crippen molar-refractivity contribution in [3.05, 3.63) is 0 Å². The van der Waals surface area contributed by atoms with Crippen LogP contribution in [-0.4, -0.2) is 33.6 Å². The highest BCUT2D eigenvalue weighted by molar-refractivity contribution is 6.49. The van der Waals surface area contributed by atoms with Crippen LogP contribution in [0.15, 0.2) is 4.99 Å². The van der Waals surface area contributed by atoms with Gasteiger partial charge in [-0.2, -0.15) is 13.2 Å². The zero-order valence-corrected chi connectivity index (χ0v) is 7.24. The molecule has 0 spiro atoms. The second kappa shape index (κ2) is 3.23. The first-order chi connectivity index (χ1) is 3.98. The summed E-state index contributed by atoms with van der Waals surface area (Å²) >= 11 is 0.579. The quantitative estimate of drug-likeness (QED) is 0.386. The van der Waals surface area contributed by atoms with Crippen LogP contribution in [0.25, 0.3) is 0 Å². The average molecular weight is 153 g/mol. The normalized spacial score (nSPS) is 16.4. The number of hydrogen-bond donors (Lipinski definition) is 0. The van der Waals surface area contributed by atoms with Crippen LogP contribution < -0.4 is 0 Å². The molecule has 0 bridgehead atoms. The average Bonchev–Trinajstić information content (AvgIpc) is 1.64. The minimum atomic E-state index is -4.17. The molecule has 0 aromatic carbocycles. The van der Waals surface area contributed by atoms with Gasteiger partial charge in [0.1, 0.15) is 6.04 Å². The predicted octanol–water partition coefficient (Wildman–Crippen LogP) is 0.599. The maximum atomic E-state index is 11.5. The molecule has 0 amide bonds. The lowest BCUT2D eigenvalue weighted by molar-refractivity contribution is -0.142. The highest BCUT2D eigenvalue weighted by Crippen LogP contribution is 2.21. The Balaban J connectivity index is 3.88. The molecule has 0 aromatic rings. The first-order valence-electron chi connectivity index (χ1n) is 2.53. The first kappa shape index (κ1) is 8.99. The van der Waals surface area contributed by atoms with E-state index in [1.807, 2.05) is 0 Å². The van der Waals surface area contributed by atoms with Crippen molar-refractivity contribution in [2.45, 2.75) is 19.1 Å². The Labute approximate surface area is 59.4 Å². The Kier molecular flexibility index (Phi) is 3.23. The van der Waals surface area contributed by atoms with Gasteiger partial charge in [-0.05, 0) is 6.92 Å². The summed E-state index contributed by atoms with van der Waals surface area (Å²) in [7, 11) is 0. The zero-order valence-electron chi connectivity index (χ0n) is 5.24. The Hall–Kier alpha value is -0.00753. The van der Waals surface area contributed by atoms with Crippen LogP contribution >= 0.6 is 0 Å². The largest absolute Gasteiger partial charge is 0.410 e. The minimum absolute atomic E-state index is 0.579. The molecule has 0 aliphatic rings. The Morgan fingerprint density at radius 2 is 2.00 bits per heavy atom. The van der Waals surface area contributed by atoms with E-state index in [0.29, 0.717) is 16.3 Å². The van der Waals surface area contributed by atoms with Gasteiger partial charge in [-0.15, -0.1) is 0 Å². The summed E-state index contributed by atoms with van der Waals surface area (Å²) < 4.78 is 34.6. The summed E-state index contributed by atoms with van der Waals surface area (Å²) in [5, 5.41) is 1.29. The van der Waals surface area contributed by atoms with Gasteiger partial charge < -0.3 is 4.99 Å². The maximum absolute atomic E-state index is 11.5. The van der Waals surface area contributed by atoms with Crippen molar-refractivity contribution in [2.24, 2.45) is 4.99 Å². The molecule has 9 heavy (non-hydrogen) atoms. The third kappa shape index (κ3) is 3.55. The molecule has 1 unspecified atom stereocenters. The molecule has 0 saturated carbocycles. The zero-order chi connectivity index (χ0) is 7.49. The highest BCUT2D eigenvalue weighted by Gasteiger charge is 2.34. The van der Waals surface area contributed by atoms with Crippen LogP contribution in [0.3, 0.4) is 0 Å². The van der Waals surface area contributed by atoms with Gasteiger partial charge in [0.15, 0.2) is 0 Å². The standard InChI is InChI=1S/C4H5F3N.Al.2H/c1-3(8-2)4(5,6)7;;;/h2-3H,1H3;;;. The van der Waals surface area contributed by atoms with Crippen molar-refractivity contribution in [3.8, 4) is 0 Å². The van der Waals surface area contributed by atoms with Crippen LogP contribution in [-0.2, 0) is 0 Å². The lowest BCUT2D eigenvalue weighted by atomic mass is 10.4. The molecular formula is C4H7AlF3N. The van der Waals surface area contributed by atoms with Crippen LogP contribution in [0, 0.1) is 0 Å². The summed E-state index contributed by atoms with van der Waals surface area (Å²) in [6.45, 7) is 1.04. The van der Waals surface area contributed by atoms with E-state index in [0.717, 1.165) is 6.92 Å². The first-order valence-corrected chi connectivity index (χ1v) is 3.68. The number of alkyl halides is 3. The molecule has 0 rings (SSSR count). The number of halogens is 3. The summed E-state index contributed by atoms with van der Waals surface area (Å²) in [5.41, 5.74) is 0. The molecular weight excluding hydrogens is 146 g/mol. The van der Waals surface area contributed by atoms with Gasteiger partial charge in [-0.3, -0.25) is 0 Å². The molecule has 1 atom stereocenters. The molecule has 0 heterocycles. The molecule has 0 N–H and O–H groups in total. The lowest BCUT2D eigenvalue weighted by Crippen LogP contribution is -2.23. The van der Waals surface area contributed by atoms with Gasteiger partial charge >= 0.3 is 6.18 Å². The third-order valence-electron chi connectivity index (χ3n) is 0.846. The van der Waals surface area contributed by atoms with E-state index < -0.39 is 12.2 Å². The molecule has 0 saturated heterocycles. The summed E-state index contributed by atoms with van der Waals surface area (Å²) in [4.78, 5) is 3.21. The maximum Gasteiger partial charge on any atom is 0.410 e. The Morgan fingerprint density at radius 3 is 2.11 bits per heavy atom. The van der Waals surface area contributed by atoms with E-state index in [1.165, 1.54) is 5.08 Å². The monoisotopic (exact) mass is 153 g/mol. The number of nitrogens with zero attached hydrogens (tertiary/aromatic N) is 1. The molecule has 5 heteroatoms. The second-order valence-electron chi connectivity index (χ2n) is 1.62. The fourth-order valence-corrected chi connectivity index (χ4v) is 0.755. The topological polar surface area (TPSA) is 12.4 Å². The van der Waals surface area contributed by atoms with Gasteiger partial charge in [0.2, 0.25) is 0 Å². The fourth-order valence-electron chi connectivity index (χ4n) is 0.308. The van der Waals surface area contributed by atoms with Crippen molar-refractivity contribution in [3.63, 3.8) is 0 Å². The number of hydrogen-bond acceptors (Lipinski definition) is 1. The molecule has 0 aliphatic heterocycles. The van der Waals surface area contributed by atoms with Gasteiger partial charge in [-0.25, -0.2) is 0 Å². The van der Waals surface area contributed by atoms with Crippen LogP contribution in [0.5, 0.6) is 0 Å². The summed E-state index contributed by atoms with van der Waals surface area (Å²) in [6.07, 6.45) is -4.17. The van der Waals surface area contributed by atoms with Crippen LogP contribution in [0.4, 0.5) is 13.2 Å². The van der Waals surface area contributed by atoms with Gasteiger partial charge in [-0.1, -0.05) is 5.08 Å². The summed E-state index contributed by atoms with van der Waals surface area (Å²) in [6, 6.07) is -1.53. The van der Waals surface area contributed by atoms with Crippen molar-refractivity contribution in [2.75, 3.05) is 0 Å². The smallest absolute Gasteiger partial charge is 0.304 e. The van der Waals surface area contributed by atoms with Crippen molar-refractivity contribution in [1.29, 1.82) is 0 Å². The van der Waals surface area contributed by atoms with E-state index in [2.05, 4.69) is 4.99 Å². The van der Waals surface area contributed by atoms with E-state index in [-0.39, 0.29) is 0 Å². The van der Waals surface area contributed by atoms with Crippen molar-refractivity contribution in [1.82, 2.24) is 0 Å². The van der Waals surface area contributed by atoms with E-state index in [4.69, 9.17) is 0 Å². The predicted molar refractivity (Wildman–Crippen MR) is 32.6 cm³/mol. The third-order valence-corrected chi connectivity index (χ3v) is 1.14. The van der Waals surface area contributed by atoms with Crippen LogP contribution in [0.2, 0.25) is 0 Å². The highest BCUT2D eigenvalue weighted by atomic mass is 27.0. The Bertz CT molecular complexity index is 109. The van der Waals surface area contributed by atoms with Gasteiger partial charge in [0.05, 0.1) is 0 Å². The molecule has 0 radical (unpaired) electrons. The van der Waals surface area contributed by atoms with Gasteiger partial charge in [0.25, 0.3) is 16.3 Å². The number of rotatable bonds is 1. The number of aliphatic imine (C=N–C) groups is 1. The van der Waals surface area contributed by atoms with E-state index >= 15 is 0 Å². The molecule has 0 aromatic heterocycles. The van der Waals surface area contributed by atoms with Crippen molar-refractivity contribution >= 4 is 21.4 Å². The SMILES string of the molecule is CC(N=[CH][AlH2])C(F)(F)F. The molecule has 1 nitrogen and oxygen atoms in total. The van der Waals surface area contributed by atoms with E-state index in [9.17, 15) is 13.2 Å². The van der Waals surface area contributed by atoms with Gasteiger partial charge in [0, 0.05) is 0 Å². The van der Waals surface area contributed by atoms with Crippen molar-refractivity contribution < 1.29 is 13.2 Å². The molecule has 0 aliphatic carbocycles.